The third kappa shape index (κ3) is 4.16. The Morgan fingerprint density at radius 3 is 2.59 bits per heavy atom. The number of hydrogen-bond donors (Lipinski definition) is 0. The first-order chi connectivity index (χ1) is 15.0. The number of carbonyl (C=O) groups is 1. The largest absolute Gasteiger partial charge is 0.329 e. The van der Waals surface area contributed by atoms with Crippen LogP contribution in [0, 0.1) is 35.0 Å². The first kappa shape index (κ1) is 24.3. The zero-order chi connectivity index (χ0) is 23.7. The third-order valence-electron chi connectivity index (χ3n) is 7.19. The first-order valence-electron chi connectivity index (χ1n) is 10.6. The Morgan fingerprint density at radius 2 is 2.03 bits per heavy atom. The maximum atomic E-state index is 12.9. The van der Waals surface area contributed by atoms with Gasteiger partial charge < -0.3 is 0 Å². The maximum Gasteiger partial charge on any atom is 0.329 e. The lowest BCUT2D eigenvalue weighted by atomic mass is 9.64. The van der Waals surface area contributed by atoms with E-state index < -0.39 is 26.7 Å². The molecule has 0 radical (unpaired) electrons. The summed E-state index contributed by atoms with van der Waals surface area (Å²) in [6.45, 7) is 9.63. The summed E-state index contributed by atoms with van der Waals surface area (Å²) in [6, 6.07) is 9.68. The van der Waals surface area contributed by atoms with Gasteiger partial charge in [0.05, 0.1) is 11.0 Å². The van der Waals surface area contributed by atoms with Crippen LogP contribution in [0.4, 0.5) is 0 Å². The summed E-state index contributed by atoms with van der Waals surface area (Å²) in [5, 5.41) is 15.7. The fraction of sp³-hybridized carbons (Fsp3) is 0.458. The van der Waals surface area contributed by atoms with Gasteiger partial charge >= 0.3 is 10.1 Å². The van der Waals surface area contributed by atoms with Gasteiger partial charge in [0.2, 0.25) is 0 Å². The number of ketones is 1. The normalized spacial score (nSPS) is 27.6. The van der Waals surface area contributed by atoms with Gasteiger partial charge in [0.25, 0.3) is 0 Å². The van der Waals surface area contributed by atoms with Crippen LogP contribution in [0.3, 0.4) is 0 Å². The van der Waals surface area contributed by atoms with Gasteiger partial charge in [-0.1, -0.05) is 68.9 Å². The van der Waals surface area contributed by atoms with Crippen molar-refractivity contribution in [3.63, 3.8) is 0 Å². The van der Waals surface area contributed by atoms with Crippen molar-refractivity contribution in [2.45, 2.75) is 47.5 Å². The van der Waals surface area contributed by atoms with Gasteiger partial charge in [-0.15, -0.1) is 0 Å². The molecule has 0 N–H and O–H groups in total. The van der Waals surface area contributed by atoms with Crippen molar-refractivity contribution in [3.8, 4) is 6.07 Å². The van der Waals surface area contributed by atoms with Crippen LogP contribution in [0.15, 0.2) is 46.5 Å². The molecule has 0 saturated heterocycles. The fourth-order valence-electron chi connectivity index (χ4n) is 4.68. The lowest BCUT2D eigenvalue weighted by Gasteiger charge is -2.40. The lowest BCUT2D eigenvalue weighted by Crippen LogP contribution is -2.45. The van der Waals surface area contributed by atoms with Gasteiger partial charge in [-0.2, -0.15) is 13.7 Å². The Labute approximate surface area is 194 Å². The number of aryl methyl sites for hydroxylation is 1. The highest BCUT2D eigenvalue weighted by molar-refractivity contribution is 8.17. The molecule has 3 rings (SSSR count). The average molecular weight is 473 g/mol. The van der Waals surface area contributed by atoms with E-state index >= 15 is 0 Å². The Kier molecular flexibility index (Phi) is 6.73. The number of nitriles is 1. The molecule has 32 heavy (non-hydrogen) atoms. The van der Waals surface area contributed by atoms with E-state index in [9.17, 15) is 18.5 Å². The van der Waals surface area contributed by atoms with Crippen LogP contribution in [-0.2, 0) is 19.2 Å². The quantitative estimate of drug-likeness (QED) is 0.416. The number of carbonyl (C=O) groups excluding carboxylic acids is 1. The van der Waals surface area contributed by atoms with Crippen molar-refractivity contribution in [2.24, 2.45) is 21.9 Å². The number of Topliss-reactive ketones (excluding diaryl/α,β-unsaturated/α-hetero) is 1. The summed E-state index contributed by atoms with van der Waals surface area (Å²) in [5.41, 5.74) is 1.11. The summed E-state index contributed by atoms with van der Waals surface area (Å²) in [4.78, 5) is 12.8. The van der Waals surface area contributed by atoms with E-state index in [-0.39, 0.29) is 11.7 Å². The number of benzene rings is 1. The second kappa shape index (κ2) is 8.87. The van der Waals surface area contributed by atoms with Gasteiger partial charge in [-0.05, 0) is 47.3 Å². The number of thioether (sulfide) groups is 1. The molecule has 0 aromatic heterocycles. The maximum absolute atomic E-state index is 12.9. The second-order valence-corrected chi connectivity index (χ2v) is 11.4. The summed E-state index contributed by atoms with van der Waals surface area (Å²) in [6.07, 6.45) is 2.50. The van der Waals surface area contributed by atoms with Gasteiger partial charge in [0.15, 0.2) is 0 Å². The Hall–Kier alpha value is -2.37. The standard InChI is InChI=1S/C24H28N2O4S2/c1-6-24(21(27)13-17(3)23(24,4)5)15-32(28,29)30-26-22-19(11-12-31-22)20(14-25)18-10-8-7-9-16(18)2/h7-12,17H,6,13,15H2,1-5H3/b20-19+,26-22-. The number of nitrogens with zero attached hydrogens (tertiary/aromatic N) is 2. The van der Waals surface area contributed by atoms with Crippen LogP contribution in [0.1, 0.15) is 51.7 Å². The Morgan fingerprint density at radius 1 is 1.34 bits per heavy atom. The van der Waals surface area contributed by atoms with Crippen molar-refractivity contribution >= 4 is 38.3 Å². The van der Waals surface area contributed by atoms with Crippen LogP contribution in [0.5, 0.6) is 0 Å². The highest BCUT2D eigenvalue weighted by Gasteiger charge is 2.59. The van der Waals surface area contributed by atoms with Crippen molar-refractivity contribution in [1.82, 2.24) is 0 Å². The van der Waals surface area contributed by atoms with Crippen LogP contribution in [0.25, 0.3) is 5.57 Å². The molecule has 170 valence electrons. The van der Waals surface area contributed by atoms with Crippen molar-refractivity contribution in [3.05, 3.63) is 52.4 Å². The molecular formula is C24H28N2O4S2. The van der Waals surface area contributed by atoms with E-state index in [0.29, 0.717) is 29.0 Å². The van der Waals surface area contributed by atoms with Crippen LogP contribution >= 0.6 is 11.8 Å². The molecule has 8 heteroatoms. The summed E-state index contributed by atoms with van der Waals surface area (Å²) >= 11 is 1.19. The minimum atomic E-state index is -4.13. The topological polar surface area (TPSA) is 96.6 Å². The van der Waals surface area contributed by atoms with Crippen LogP contribution in [0.2, 0.25) is 0 Å². The van der Waals surface area contributed by atoms with E-state index in [1.165, 1.54) is 11.8 Å². The molecule has 1 aliphatic heterocycles. The smallest absolute Gasteiger partial charge is 0.299 e. The predicted molar refractivity (Wildman–Crippen MR) is 128 cm³/mol. The molecule has 1 fully saturated rings. The highest BCUT2D eigenvalue weighted by atomic mass is 32.2. The highest BCUT2D eigenvalue weighted by Crippen LogP contribution is 2.56. The number of allylic oxidation sites excluding steroid dienone is 2. The Balaban J connectivity index is 1.92. The van der Waals surface area contributed by atoms with Crippen molar-refractivity contribution in [2.75, 3.05) is 5.75 Å². The molecule has 0 amide bonds. The summed E-state index contributed by atoms with van der Waals surface area (Å²) in [5.74, 6) is -0.377. The molecule has 0 bridgehead atoms. The molecule has 0 spiro atoms. The van der Waals surface area contributed by atoms with Gasteiger partial charge in [0, 0.05) is 12.0 Å². The number of oxime groups is 1. The summed E-state index contributed by atoms with van der Waals surface area (Å²) in [7, 11) is -4.13. The molecule has 2 aliphatic rings. The molecule has 2 atom stereocenters. The number of hydrogen-bond acceptors (Lipinski definition) is 7. The minimum absolute atomic E-state index is 0.0406. The molecule has 1 aromatic carbocycles. The fourth-order valence-corrected chi connectivity index (χ4v) is 7.02. The molecule has 1 aliphatic carbocycles. The zero-order valence-electron chi connectivity index (χ0n) is 19.0. The van der Waals surface area contributed by atoms with E-state index in [1.54, 1.807) is 11.5 Å². The molecule has 1 heterocycles. The van der Waals surface area contributed by atoms with Crippen molar-refractivity contribution < 1.29 is 17.5 Å². The first-order valence-corrected chi connectivity index (χ1v) is 13.0. The zero-order valence-corrected chi connectivity index (χ0v) is 20.6. The van der Waals surface area contributed by atoms with E-state index in [0.717, 1.165) is 11.1 Å². The van der Waals surface area contributed by atoms with Gasteiger partial charge in [-0.25, -0.2) is 0 Å². The second-order valence-electron chi connectivity index (χ2n) is 8.99. The van der Waals surface area contributed by atoms with Crippen LogP contribution < -0.4 is 0 Å². The third-order valence-corrected chi connectivity index (χ3v) is 9.13. The summed E-state index contributed by atoms with van der Waals surface area (Å²) < 4.78 is 30.9. The Bertz CT molecular complexity index is 1170. The molecular weight excluding hydrogens is 444 g/mol. The molecule has 1 saturated carbocycles. The van der Waals surface area contributed by atoms with Crippen molar-refractivity contribution in [1.29, 1.82) is 5.26 Å². The predicted octanol–water partition coefficient (Wildman–Crippen LogP) is 5.22. The van der Waals surface area contributed by atoms with E-state index in [2.05, 4.69) is 11.2 Å². The number of rotatable bonds is 6. The SMILES string of the molecule is CCC1(CS(=O)(=O)O/N=C2\SC=C\C2=C(\C#N)c2ccccc2C)C(=O)CC(C)C1(C)C. The molecule has 2 unspecified atom stereocenters. The molecule has 1 aromatic rings. The van der Waals surface area contributed by atoms with E-state index in [4.69, 9.17) is 4.28 Å². The lowest BCUT2D eigenvalue weighted by molar-refractivity contribution is -0.128. The minimum Gasteiger partial charge on any atom is -0.299 e. The van der Waals surface area contributed by atoms with Crippen LogP contribution in [-0.4, -0.2) is 25.0 Å². The van der Waals surface area contributed by atoms with E-state index in [1.807, 2.05) is 58.9 Å². The average Bonchev–Trinajstić information content (AvgIpc) is 3.26. The molecule has 6 nitrogen and oxygen atoms in total. The van der Waals surface area contributed by atoms with Gasteiger partial charge in [0.1, 0.15) is 22.6 Å². The van der Waals surface area contributed by atoms with Gasteiger partial charge in [-0.3, -0.25) is 9.08 Å². The monoisotopic (exact) mass is 472 g/mol.